The zero-order valence-corrected chi connectivity index (χ0v) is 12.0. The SMILES string of the molecule is CCCN(CC)CCNCc1ccc(O)c(Cl)c1. The number of nitrogens with zero attached hydrogens (tertiary/aromatic N) is 1. The summed E-state index contributed by atoms with van der Waals surface area (Å²) in [6.45, 7) is 9.46. The van der Waals surface area contributed by atoms with E-state index in [1.165, 1.54) is 6.42 Å². The highest BCUT2D eigenvalue weighted by molar-refractivity contribution is 6.32. The molecule has 0 aliphatic carbocycles. The Hall–Kier alpha value is -0.770. The molecule has 1 rings (SSSR count). The molecule has 0 aromatic heterocycles. The van der Waals surface area contributed by atoms with E-state index in [2.05, 4.69) is 24.1 Å². The van der Waals surface area contributed by atoms with Gasteiger partial charge in [-0.2, -0.15) is 0 Å². The number of halogens is 1. The van der Waals surface area contributed by atoms with E-state index < -0.39 is 0 Å². The van der Waals surface area contributed by atoms with Gasteiger partial charge in [-0.05, 0) is 37.2 Å². The molecule has 2 N–H and O–H groups in total. The fourth-order valence-corrected chi connectivity index (χ4v) is 2.08. The van der Waals surface area contributed by atoms with E-state index in [1.807, 2.05) is 6.07 Å². The summed E-state index contributed by atoms with van der Waals surface area (Å²) in [4.78, 5) is 2.43. The van der Waals surface area contributed by atoms with Crippen LogP contribution >= 0.6 is 11.6 Å². The van der Waals surface area contributed by atoms with Gasteiger partial charge in [0.15, 0.2) is 0 Å². The predicted molar refractivity (Wildman–Crippen MR) is 77.2 cm³/mol. The summed E-state index contributed by atoms with van der Waals surface area (Å²) in [7, 11) is 0. The Bertz CT molecular complexity index is 358. The normalized spacial score (nSPS) is 11.1. The van der Waals surface area contributed by atoms with Crippen molar-refractivity contribution in [3.8, 4) is 5.75 Å². The first-order valence-corrected chi connectivity index (χ1v) is 6.95. The summed E-state index contributed by atoms with van der Waals surface area (Å²) in [6, 6.07) is 5.32. The van der Waals surface area contributed by atoms with E-state index in [0.717, 1.165) is 38.3 Å². The molecule has 3 nitrogen and oxygen atoms in total. The molecule has 0 saturated heterocycles. The van der Waals surface area contributed by atoms with Crippen LogP contribution in [0.25, 0.3) is 0 Å². The van der Waals surface area contributed by atoms with Gasteiger partial charge in [-0.3, -0.25) is 0 Å². The number of benzene rings is 1. The van der Waals surface area contributed by atoms with Crippen molar-refractivity contribution in [3.63, 3.8) is 0 Å². The zero-order valence-electron chi connectivity index (χ0n) is 11.2. The summed E-state index contributed by atoms with van der Waals surface area (Å²) in [5.41, 5.74) is 1.09. The second-order valence-electron chi connectivity index (χ2n) is 4.40. The van der Waals surface area contributed by atoms with Gasteiger partial charge in [0.1, 0.15) is 5.75 Å². The second kappa shape index (κ2) is 8.35. The molecule has 0 bridgehead atoms. The van der Waals surface area contributed by atoms with Crippen LogP contribution in [0, 0.1) is 0 Å². The number of hydrogen-bond acceptors (Lipinski definition) is 3. The fraction of sp³-hybridized carbons (Fsp3) is 0.571. The van der Waals surface area contributed by atoms with Crippen LogP contribution in [0.1, 0.15) is 25.8 Å². The number of likely N-dealkylation sites (N-methyl/N-ethyl adjacent to an activating group) is 1. The van der Waals surface area contributed by atoms with Gasteiger partial charge >= 0.3 is 0 Å². The van der Waals surface area contributed by atoms with Crippen LogP contribution in [0.15, 0.2) is 18.2 Å². The van der Waals surface area contributed by atoms with Gasteiger partial charge in [0.2, 0.25) is 0 Å². The van der Waals surface area contributed by atoms with E-state index in [9.17, 15) is 5.11 Å². The lowest BCUT2D eigenvalue weighted by Gasteiger charge is -2.19. The van der Waals surface area contributed by atoms with Crippen molar-refractivity contribution in [2.75, 3.05) is 26.2 Å². The zero-order chi connectivity index (χ0) is 13.4. The monoisotopic (exact) mass is 270 g/mol. The van der Waals surface area contributed by atoms with Crippen LogP contribution in [-0.4, -0.2) is 36.2 Å². The first-order valence-electron chi connectivity index (χ1n) is 6.57. The maximum atomic E-state index is 9.32. The van der Waals surface area contributed by atoms with Crippen molar-refractivity contribution in [2.24, 2.45) is 0 Å². The molecule has 0 aliphatic heterocycles. The summed E-state index contributed by atoms with van der Waals surface area (Å²) < 4.78 is 0. The Morgan fingerprint density at radius 3 is 2.67 bits per heavy atom. The molecule has 0 atom stereocenters. The molecule has 0 amide bonds. The third-order valence-electron chi connectivity index (χ3n) is 2.93. The third-order valence-corrected chi connectivity index (χ3v) is 3.24. The molecule has 0 fully saturated rings. The topological polar surface area (TPSA) is 35.5 Å². The van der Waals surface area contributed by atoms with Crippen LogP contribution in [0.2, 0.25) is 5.02 Å². The molecule has 4 heteroatoms. The van der Waals surface area contributed by atoms with Gasteiger partial charge in [-0.1, -0.05) is 31.5 Å². The Morgan fingerprint density at radius 1 is 1.28 bits per heavy atom. The van der Waals surface area contributed by atoms with Crippen molar-refractivity contribution >= 4 is 11.6 Å². The standard InChI is InChI=1S/C14H23ClN2O/c1-3-8-17(4-2)9-7-16-11-12-5-6-14(18)13(15)10-12/h5-6,10,16,18H,3-4,7-9,11H2,1-2H3. The maximum Gasteiger partial charge on any atom is 0.134 e. The highest BCUT2D eigenvalue weighted by Crippen LogP contribution is 2.23. The van der Waals surface area contributed by atoms with Gasteiger partial charge in [0.25, 0.3) is 0 Å². The molecule has 18 heavy (non-hydrogen) atoms. The lowest BCUT2D eigenvalue weighted by Crippen LogP contribution is -2.32. The van der Waals surface area contributed by atoms with Crippen LogP contribution < -0.4 is 5.32 Å². The third kappa shape index (κ3) is 5.25. The average Bonchev–Trinajstić information content (AvgIpc) is 2.37. The Morgan fingerprint density at radius 2 is 2.06 bits per heavy atom. The van der Waals surface area contributed by atoms with Crippen LogP contribution in [-0.2, 0) is 6.54 Å². The Kier molecular flexibility index (Phi) is 7.09. The van der Waals surface area contributed by atoms with E-state index in [-0.39, 0.29) is 5.75 Å². The minimum absolute atomic E-state index is 0.139. The maximum absolute atomic E-state index is 9.32. The molecule has 0 saturated carbocycles. The van der Waals surface area contributed by atoms with Crippen LogP contribution in [0.3, 0.4) is 0 Å². The van der Waals surface area contributed by atoms with E-state index in [0.29, 0.717) is 5.02 Å². The van der Waals surface area contributed by atoms with E-state index >= 15 is 0 Å². The van der Waals surface area contributed by atoms with Crippen molar-refractivity contribution in [2.45, 2.75) is 26.8 Å². The van der Waals surface area contributed by atoms with Gasteiger partial charge < -0.3 is 15.3 Å². The highest BCUT2D eigenvalue weighted by atomic mass is 35.5. The summed E-state index contributed by atoms with van der Waals surface area (Å²) in [5.74, 6) is 0.139. The molecular weight excluding hydrogens is 248 g/mol. The van der Waals surface area contributed by atoms with E-state index in [4.69, 9.17) is 11.6 Å². The molecule has 102 valence electrons. The summed E-state index contributed by atoms with van der Waals surface area (Å²) in [6.07, 6.45) is 1.20. The Labute approximate surface area is 115 Å². The van der Waals surface area contributed by atoms with Gasteiger partial charge in [-0.15, -0.1) is 0 Å². The van der Waals surface area contributed by atoms with Crippen LogP contribution in [0.4, 0.5) is 0 Å². The number of nitrogens with one attached hydrogen (secondary N) is 1. The minimum Gasteiger partial charge on any atom is -0.506 e. The first kappa shape index (κ1) is 15.3. The number of phenols is 1. The number of phenolic OH excluding ortho intramolecular Hbond substituents is 1. The van der Waals surface area contributed by atoms with Gasteiger partial charge in [0, 0.05) is 19.6 Å². The predicted octanol–water partition coefficient (Wildman–Crippen LogP) is 2.87. The molecule has 1 aromatic carbocycles. The number of hydrogen-bond donors (Lipinski definition) is 2. The van der Waals surface area contributed by atoms with Gasteiger partial charge in [0.05, 0.1) is 5.02 Å². The molecule has 0 spiro atoms. The summed E-state index contributed by atoms with van der Waals surface area (Å²) in [5, 5.41) is 13.1. The van der Waals surface area contributed by atoms with Crippen molar-refractivity contribution in [1.82, 2.24) is 10.2 Å². The molecular formula is C14H23ClN2O. The first-order chi connectivity index (χ1) is 8.67. The molecule has 0 heterocycles. The largest absolute Gasteiger partial charge is 0.506 e. The quantitative estimate of drug-likeness (QED) is 0.713. The summed E-state index contributed by atoms with van der Waals surface area (Å²) >= 11 is 5.85. The lowest BCUT2D eigenvalue weighted by molar-refractivity contribution is 0.287. The lowest BCUT2D eigenvalue weighted by atomic mass is 10.2. The van der Waals surface area contributed by atoms with Crippen molar-refractivity contribution in [1.29, 1.82) is 0 Å². The fourth-order valence-electron chi connectivity index (χ4n) is 1.87. The molecule has 0 radical (unpaired) electrons. The minimum atomic E-state index is 0.139. The number of rotatable bonds is 8. The number of aromatic hydroxyl groups is 1. The average molecular weight is 271 g/mol. The second-order valence-corrected chi connectivity index (χ2v) is 4.80. The van der Waals surface area contributed by atoms with Crippen LogP contribution in [0.5, 0.6) is 5.75 Å². The molecule has 0 unspecified atom stereocenters. The van der Waals surface area contributed by atoms with Crippen molar-refractivity contribution < 1.29 is 5.11 Å². The molecule has 1 aromatic rings. The Balaban J connectivity index is 2.26. The van der Waals surface area contributed by atoms with E-state index in [1.54, 1.807) is 12.1 Å². The highest BCUT2D eigenvalue weighted by Gasteiger charge is 2.01. The molecule has 0 aliphatic rings. The smallest absolute Gasteiger partial charge is 0.134 e. The van der Waals surface area contributed by atoms with Gasteiger partial charge in [-0.25, -0.2) is 0 Å². The van der Waals surface area contributed by atoms with Crippen molar-refractivity contribution in [3.05, 3.63) is 28.8 Å².